The molecule has 0 spiro atoms. The van der Waals surface area contributed by atoms with Crippen molar-refractivity contribution in [2.45, 2.75) is 19.0 Å². The van der Waals surface area contributed by atoms with Crippen LogP contribution < -0.4 is 0 Å². The summed E-state index contributed by atoms with van der Waals surface area (Å²) in [5.41, 5.74) is -0.214. The Labute approximate surface area is 122 Å². The third-order valence-electron chi connectivity index (χ3n) is 3.16. The molecule has 1 heterocycles. The fourth-order valence-electron chi connectivity index (χ4n) is 2.09. The Kier molecular flexibility index (Phi) is 4.73. The quantitative estimate of drug-likeness (QED) is 0.810. The monoisotopic (exact) mass is 297 g/mol. The number of alkyl halides is 3. The van der Waals surface area contributed by atoms with E-state index in [0.717, 1.165) is 37.3 Å². The molecule has 0 N–H and O–H groups in total. The number of nitrogens with zero attached hydrogens (tertiary/aromatic N) is 1. The van der Waals surface area contributed by atoms with E-state index in [2.05, 4.69) is 4.90 Å². The second-order valence-electron chi connectivity index (χ2n) is 5.25. The molecule has 114 valence electrons. The minimum absolute atomic E-state index is 0.448. The summed E-state index contributed by atoms with van der Waals surface area (Å²) in [5.74, 6) is 1.27. The molecule has 0 saturated carbocycles. The number of halogens is 3. The van der Waals surface area contributed by atoms with Gasteiger partial charge in [-0.3, -0.25) is 0 Å². The summed E-state index contributed by atoms with van der Waals surface area (Å²) >= 11 is 0. The van der Waals surface area contributed by atoms with Crippen LogP contribution in [0.15, 0.2) is 40.8 Å². The Morgan fingerprint density at radius 1 is 1.10 bits per heavy atom. The molecule has 0 saturated heterocycles. The molecule has 0 aliphatic carbocycles. The molecule has 21 heavy (non-hydrogen) atoms. The zero-order valence-corrected chi connectivity index (χ0v) is 12.1. The average molecular weight is 297 g/mol. The van der Waals surface area contributed by atoms with Crippen LogP contribution in [0.25, 0.3) is 11.3 Å². The second-order valence-corrected chi connectivity index (χ2v) is 5.25. The molecule has 2 rings (SSSR count). The van der Waals surface area contributed by atoms with Gasteiger partial charge in [0.25, 0.3) is 0 Å². The van der Waals surface area contributed by atoms with E-state index in [1.54, 1.807) is 12.1 Å². The summed E-state index contributed by atoms with van der Waals surface area (Å²) in [6.45, 7) is 0.944. The third-order valence-corrected chi connectivity index (χ3v) is 3.16. The summed E-state index contributed by atoms with van der Waals surface area (Å²) in [6, 6.07) is 8.74. The van der Waals surface area contributed by atoms with Gasteiger partial charge in [0.1, 0.15) is 11.5 Å². The SMILES string of the molecule is CN(C)CCCc1ccc(-c2cccc(C(F)(F)F)c2)o1. The molecule has 2 nitrogen and oxygen atoms in total. The first kappa shape index (κ1) is 15.6. The molecular weight excluding hydrogens is 279 g/mol. The minimum atomic E-state index is -4.34. The van der Waals surface area contributed by atoms with E-state index in [1.807, 2.05) is 20.2 Å². The van der Waals surface area contributed by atoms with Crippen LogP contribution in [-0.4, -0.2) is 25.5 Å². The van der Waals surface area contributed by atoms with Gasteiger partial charge in [-0.15, -0.1) is 0 Å². The Morgan fingerprint density at radius 2 is 1.86 bits per heavy atom. The smallest absolute Gasteiger partial charge is 0.416 e. The predicted octanol–water partition coefficient (Wildman–Crippen LogP) is 4.46. The van der Waals surface area contributed by atoms with Crippen molar-refractivity contribution in [1.29, 1.82) is 0 Å². The number of benzene rings is 1. The van der Waals surface area contributed by atoms with E-state index in [1.165, 1.54) is 6.07 Å². The van der Waals surface area contributed by atoms with Gasteiger partial charge in [0.15, 0.2) is 0 Å². The molecule has 1 aromatic carbocycles. The minimum Gasteiger partial charge on any atom is -0.461 e. The number of rotatable bonds is 5. The first-order valence-corrected chi connectivity index (χ1v) is 6.77. The lowest BCUT2D eigenvalue weighted by Gasteiger charge is -2.08. The van der Waals surface area contributed by atoms with Crippen LogP contribution in [0.1, 0.15) is 17.7 Å². The first-order chi connectivity index (χ1) is 9.86. The van der Waals surface area contributed by atoms with Gasteiger partial charge in [0.05, 0.1) is 5.56 Å². The largest absolute Gasteiger partial charge is 0.461 e. The van der Waals surface area contributed by atoms with Gasteiger partial charge >= 0.3 is 6.18 Å². The van der Waals surface area contributed by atoms with Crippen molar-refractivity contribution in [3.8, 4) is 11.3 Å². The van der Waals surface area contributed by atoms with Crippen molar-refractivity contribution >= 4 is 0 Å². The summed E-state index contributed by atoms with van der Waals surface area (Å²) in [4.78, 5) is 2.08. The van der Waals surface area contributed by atoms with Crippen LogP contribution in [0.5, 0.6) is 0 Å². The Hall–Kier alpha value is -1.75. The Morgan fingerprint density at radius 3 is 2.52 bits per heavy atom. The molecule has 0 radical (unpaired) electrons. The predicted molar refractivity (Wildman–Crippen MR) is 76.0 cm³/mol. The standard InChI is InChI=1S/C16H18F3NO/c1-20(2)10-4-7-14-8-9-15(21-14)12-5-3-6-13(11-12)16(17,18)19/h3,5-6,8-9,11H,4,7,10H2,1-2H3. The molecule has 0 aliphatic heterocycles. The highest BCUT2D eigenvalue weighted by molar-refractivity contribution is 5.58. The third kappa shape index (κ3) is 4.36. The first-order valence-electron chi connectivity index (χ1n) is 6.77. The number of hydrogen-bond donors (Lipinski definition) is 0. The summed E-state index contributed by atoms with van der Waals surface area (Å²) < 4.78 is 43.7. The summed E-state index contributed by atoms with van der Waals surface area (Å²) in [5, 5.41) is 0. The van der Waals surface area contributed by atoms with E-state index in [-0.39, 0.29) is 0 Å². The van der Waals surface area contributed by atoms with Crippen LogP contribution in [0, 0.1) is 0 Å². The van der Waals surface area contributed by atoms with Crippen molar-refractivity contribution in [2.75, 3.05) is 20.6 Å². The molecule has 0 atom stereocenters. The molecule has 0 amide bonds. The maximum atomic E-state index is 12.7. The van der Waals surface area contributed by atoms with Gasteiger partial charge < -0.3 is 9.32 Å². The van der Waals surface area contributed by atoms with Gasteiger partial charge in [0, 0.05) is 12.0 Å². The molecule has 0 unspecified atom stereocenters. The molecule has 1 aromatic heterocycles. The lowest BCUT2D eigenvalue weighted by molar-refractivity contribution is -0.137. The zero-order valence-electron chi connectivity index (χ0n) is 12.1. The molecule has 2 aromatic rings. The van der Waals surface area contributed by atoms with Gasteiger partial charge in [0.2, 0.25) is 0 Å². The van der Waals surface area contributed by atoms with Gasteiger partial charge in [-0.1, -0.05) is 12.1 Å². The maximum Gasteiger partial charge on any atom is 0.416 e. The number of hydrogen-bond acceptors (Lipinski definition) is 2. The highest BCUT2D eigenvalue weighted by Gasteiger charge is 2.30. The van der Waals surface area contributed by atoms with E-state index in [0.29, 0.717) is 11.3 Å². The summed E-state index contributed by atoms with van der Waals surface area (Å²) in [6.07, 6.45) is -2.61. The Bertz CT molecular complexity index is 587. The van der Waals surface area contributed by atoms with Crippen LogP contribution in [0.3, 0.4) is 0 Å². The van der Waals surface area contributed by atoms with Crippen LogP contribution in [0.4, 0.5) is 13.2 Å². The normalized spacial score (nSPS) is 12.1. The summed E-state index contributed by atoms with van der Waals surface area (Å²) in [7, 11) is 3.99. The molecule has 0 fully saturated rings. The van der Waals surface area contributed by atoms with Crippen molar-refractivity contribution in [3.05, 3.63) is 47.7 Å². The molecular formula is C16H18F3NO. The maximum absolute atomic E-state index is 12.7. The van der Waals surface area contributed by atoms with Crippen molar-refractivity contribution in [2.24, 2.45) is 0 Å². The van der Waals surface area contributed by atoms with E-state index in [4.69, 9.17) is 4.42 Å². The van der Waals surface area contributed by atoms with E-state index < -0.39 is 11.7 Å². The number of furan rings is 1. The van der Waals surface area contributed by atoms with Crippen LogP contribution >= 0.6 is 0 Å². The van der Waals surface area contributed by atoms with Crippen molar-refractivity contribution < 1.29 is 17.6 Å². The van der Waals surface area contributed by atoms with Gasteiger partial charge in [-0.25, -0.2) is 0 Å². The highest BCUT2D eigenvalue weighted by atomic mass is 19.4. The van der Waals surface area contributed by atoms with Crippen molar-refractivity contribution in [3.63, 3.8) is 0 Å². The average Bonchev–Trinajstić information content (AvgIpc) is 2.86. The van der Waals surface area contributed by atoms with E-state index in [9.17, 15) is 13.2 Å². The second kappa shape index (κ2) is 6.35. The lowest BCUT2D eigenvalue weighted by Crippen LogP contribution is -2.13. The fraction of sp³-hybridized carbons (Fsp3) is 0.375. The van der Waals surface area contributed by atoms with E-state index >= 15 is 0 Å². The van der Waals surface area contributed by atoms with Crippen LogP contribution in [-0.2, 0) is 12.6 Å². The van der Waals surface area contributed by atoms with Crippen LogP contribution in [0.2, 0.25) is 0 Å². The molecule has 5 heteroatoms. The van der Waals surface area contributed by atoms with Gasteiger partial charge in [-0.2, -0.15) is 13.2 Å². The number of aryl methyl sites for hydroxylation is 1. The Balaban J connectivity index is 2.11. The fourth-order valence-corrected chi connectivity index (χ4v) is 2.09. The highest BCUT2D eigenvalue weighted by Crippen LogP contribution is 2.32. The zero-order chi connectivity index (χ0) is 15.5. The lowest BCUT2D eigenvalue weighted by atomic mass is 10.1. The van der Waals surface area contributed by atoms with Gasteiger partial charge in [-0.05, 0) is 51.3 Å². The molecule has 0 aliphatic rings. The molecule has 0 bridgehead atoms. The van der Waals surface area contributed by atoms with Crippen molar-refractivity contribution in [1.82, 2.24) is 4.90 Å². The topological polar surface area (TPSA) is 16.4 Å².